The van der Waals surface area contributed by atoms with E-state index in [0.29, 0.717) is 18.7 Å². The zero-order chi connectivity index (χ0) is 15.9. The molecule has 4 atom stereocenters. The van der Waals surface area contributed by atoms with Crippen molar-refractivity contribution in [3.63, 3.8) is 0 Å². The number of nitrogens with zero attached hydrogens (tertiary/aromatic N) is 2. The standard InChI is InChI=1S/C17H23N3O2S/c1-17(13-5-6-18-15(9-13)21-2)22-10-19-16(23-17)20-14-8-11-3-4-12(14)7-11/h5-6,9,11-12,14H,3-4,7-8,10H2,1-2H3,(H,19,20)/t11-,12+,14+,17?/m1/s1. The second-order valence-electron chi connectivity index (χ2n) is 6.80. The minimum Gasteiger partial charge on any atom is -0.481 e. The van der Waals surface area contributed by atoms with E-state index in [1.807, 2.05) is 12.1 Å². The van der Waals surface area contributed by atoms with Gasteiger partial charge in [0.25, 0.3) is 0 Å². The molecular weight excluding hydrogens is 310 g/mol. The Morgan fingerprint density at radius 3 is 3.04 bits per heavy atom. The molecule has 23 heavy (non-hydrogen) atoms. The van der Waals surface area contributed by atoms with Crippen molar-refractivity contribution in [3.05, 3.63) is 23.9 Å². The zero-order valence-corrected chi connectivity index (χ0v) is 14.4. The number of thioether (sulfide) groups is 1. The number of hydrogen-bond acceptors (Lipinski definition) is 6. The lowest BCUT2D eigenvalue weighted by molar-refractivity contribution is 0.0399. The fraction of sp³-hybridized carbons (Fsp3) is 0.647. The van der Waals surface area contributed by atoms with Crippen molar-refractivity contribution in [3.8, 4) is 5.88 Å². The van der Waals surface area contributed by atoms with Gasteiger partial charge in [-0.3, -0.25) is 0 Å². The molecule has 6 heteroatoms. The lowest BCUT2D eigenvalue weighted by Crippen LogP contribution is -2.41. The predicted molar refractivity (Wildman–Crippen MR) is 91.5 cm³/mol. The van der Waals surface area contributed by atoms with E-state index in [1.165, 1.54) is 25.7 Å². The van der Waals surface area contributed by atoms with Crippen molar-refractivity contribution in [2.75, 3.05) is 13.8 Å². The first-order valence-corrected chi connectivity index (χ1v) is 9.12. The van der Waals surface area contributed by atoms with Gasteiger partial charge in [-0.25, -0.2) is 9.98 Å². The molecule has 1 aromatic rings. The Kier molecular flexibility index (Phi) is 3.97. The van der Waals surface area contributed by atoms with Crippen LogP contribution in [-0.2, 0) is 9.67 Å². The average Bonchev–Trinajstić information content (AvgIpc) is 3.18. The summed E-state index contributed by atoms with van der Waals surface area (Å²) in [7, 11) is 1.63. The molecule has 0 saturated heterocycles. The van der Waals surface area contributed by atoms with Gasteiger partial charge < -0.3 is 14.8 Å². The second-order valence-corrected chi connectivity index (χ2v) is 8.17. The summed E-state index contributed by atoms with van der Waals surface area (Å²) >= 11 is 1.65. The van der Waals surface area contributed by atoms with Crippen LogP contribution in [0.4, 0.5) is 0 Å². The van der Waals surface area contributed by atoms with Crippen LogP contribution in [0.1, 0.15) is 38.2 Å². The maximum Gasteiger partial charge on any atom is 0.213 e. The highest BCUT2D eigenvalue weighted by atomic mass is 32.2. The quantitative estimate of drug-likeness (QED) is 0.921. The van der Waals surface area contributed by atoms with Crippen LogP contribution in [0.2, 0.25) is 0 Å². The van der Waals surface area contributed by atoms with Crippen LogP contribution in [0.25, 0.3) is 0 Å². The van der Waals surface area contributed by atoms with Crippen LogP contribution < -0.4 is 10.1 Å². The summed E-state index contributed by atoms with van der Waals surface area (Å²) in [6.45, 7) is 2.47. The number of rotatable bonds is 3. The van der Waals surface area contributed by atoms with Gasteiger partial charge in [0.2, 0.25) is 5.88 Å². The van der Waals surface area contributed by atoms with Crippen molar-refractivity contribution in [1.29, 1.82) is 0 Å². The first kappa shape index (κ1) is 15.3. The molecule has 0 radical (unpaired) electrons. The fourth-order valence-electron chi connectivity index (χ4n) is 4.06. The van der Waals surface area contributed by atoms with Crippen LogP contribution in [-0.4, -0.2) is 30.0 Å². The molecule has 1 unspecified atom stereocenters. The minimum atomic E-state index is -0.460. The smallest absolute Gasteiger partial charge is 0.213 e. The lowest BCUT2D eigenvalue weighted by Gasteiger charge is -2.34. The van der Waals surface area contributed by atoms with E-state index >= 15 is 0 Å². The van der Waals surface area contributed by atoms with Gasteiger partial charge in [-0.15, -0.1) is 0 Å². The molecular formula is C17H23N3O2S. The number of aromatic nitrogens is 1. The van der Waals surface area contributed by atoms with Crippen molar-refractivity contribution in [1.82, 2.24) is 10.3 Å². The maximum atomic E-state index is 5.96. The molecule has 4 rings (SSSR count). The van der Waals surface area contributed by atoms with Gasteiger partial charge >= 0.3 is 0 Å². The maximum absolute atomic E-state index is 5.96. The van der Waals surface area contributed by atoms with E-state index in [0.717, 1.165) is 22.6 Å². The SMILES string of the molecule is COc1cc(C2(C)OCN=C(N[C@H]3C[C@@H]4CC[C@H]3C4)S2)ccn1. The summed E-state index contributed by atoms with van der Waals surface area (Å²) in [6, 6.07) is 4.51. The summed E-state index contributed by atoms with van der Waals surface area (Å²) in [4.78, 5) is 8.26. The molecule has 1 aliphatic heterocycles. The topological polar surface area (TPSA) is 55.7 Å². The van der Waals surface area contributed by atoms with Gasteiger partial charge in [0.15, 0.2) is 5.17 Å². The lowest BCUT2D eigenvalue weighted by atomic mass is 9.96. The van der Waals surface area contributed by atoms with Crippen molar-refractivity contribution < 1.29 is 9.47 Å². The summed E-state index contributed by atoms with van der Waals surface area (Å²) < 4.78 is 11.2. The Labute approximate surface area is 141 Å². The number of hydrogen-bond donors (Lipinski definition) is 1. The Morgan fingerprint density at radius 1 is 1.39 bits per heavy atom. The molecule has 0 aromatic carbocycles. The number of ether oxygens (including phenoxy) is 2. The number of nitrogens with one attached hydrogen (secondary N) is 1. The molecule has 5 nitrogen and oxygen atoms in total. The van der Waals surface area contributed by atoms with E-state index in [2.05, 4.69) is 22.2 Å². The number of pyridine rings is 1. The monoisotopic (exact) mass is 333 g/mol. The largest absolute Gasteiger partial charge is 0.481 e. The third-order valence-corrected chi connectivity index (χ3v) is 6.54. The molecule has 3 aliphatic rings. The Morgan fingerprint density at radius 2 is 2.30 bits per heavy atom. The van der Waals surface area contributed by atoms with Crippen LogP contribution in [0.15, 0.2) is 23.3 Å². The Bertz CT molecular complexity index is 624. The van der Waals surface area contributed by atoms with Gasteiger partial charge in [-0.05, 0) is 55.9 Å². The Balaban J connectivity index is 1.48. The van der Waals surface area contributed by atoms with E-state index in [1.54, 1.807) is 25.1 Å². The summed E-state index contributed by atoms with van der Waals surface area (Å²) in [5.41, 5.74) is 1.05. The van der Waals surface area contributed by atoms with Gasteiger partial charge in [0.05, 0.1) is 7.11 Å². The highest BCUT2D eigenvalue weighted by molar-refractivity contribution is 8.14. The van der Waals surface area contributed by atoms with Crippen molar-refractivity contribution in [2.24, 2.45) is 16.8 Å². The summed E-state index contributed by atoms with van der Waals surface area (Å²) in [5, 5.41) is 4.70. The Hall–Kier alpha value is -1.27. The van der Waals surface area contributed by atoms with E-state index in [9.17, 15) is 0 Å². The zero-order valence-electron chi connectivity index (χ0n) is 13.6. The van der Waals surface area contributed by atoms with E-state index in [-0.39, 0.29) is 0 Å². The highest BCUT2D eigenvalue weighted by Crippen LogP contribution is 2.46. The van der Waals surface area contributed by atoms with E-state index < -0.39 is 4.93 Å². The van der Waals surface area contributed by atoms with Gasteiger partial charge in [0, 0.05) is 23.9 Å². The molecule has 2 aliphatic carbocycles. The van der Waals surface area contributed by atoms with Crippen LogP contribution >= 0.6 is 11.8 Å². The summed E-state index contributed by atoms with van der Waals surface area (Å²) in [6.07, 6.45) is 7.24. The third kappa shape index (κ3) is 2.94. The minimum absolute atomic E-state index is 0.386. The predicted octanol–water partition coefficient (Wildman–Crippen LogP) is 3.12. The first-order valence-electron chi connectivity index (χ1n) is 8.31. The molecule has 124 valence electrons. The number of amidine groups is 1. The fourth-order valence-corrected chi connectivity index (χ4v) is 5.11. The first-order chi connectivity index (χ1) is 11.2. The summed E-state index contributed by atoms with van der Waals surface area (Å²) in [5.74, 6) is 2.37. The van der Waals surface area contributed by atoms with Crippen molar-refractivity contribution in [2.45, 2.75) is 43.6 Å². The molecule has 0 amide bonds. The molecule has 2 fully saturated rings. The molecule has 2 heterocycles. The van der Waals surface area contributed by atoms with Crippen LogP contribution in [0, 0.1) is 11.8 Å². The number of fused-ring (bicyclic) bond motifs is 2. The molecule has 1 aromatic heterocycles. The van der Waals surface area contributed by atoms with Crippen LogP contribution in [0.5, 0.6) is 5.88 Å². The van der Waals surface area contributed by atoms with E-state index in [4.69, 9.17) is 9.47 Å². The second kappa shape index (κ2) is 5.98. The number of aliphatic imine (C=N–C) groups is 1. The normalized spacial score (nSPS) is 35.9. The third-order valence-electron chi connectivity index (χ3n) is 5.35. The number of methoxy groups -OCH3 is 1. The van der Waals surface area contributed by atoms with Crippen LogP contribution in [0.3, 0.4) is 0 Å². The molecule has 2 bridgehead atoms. The molecule has 0 spiro atoms. The molecule has 1 N–H and O–H groups in total. The van der Waals surface area contributed by atoms with Gasteiger partial charge in [-0.2, -0.15) is 0 Å². The van der Waals surface area contributed by atoms with Gasteiger partial charge in [-0.1, -0.05) is 6.42 Å². The van der Waals surface area contributed by atoms with Crippen molar-refractivity contribution >= 4 is 16.9 Å². The highest BCUT2D eigenvalue weighted by Gasteiger charge is 2.41. The average molecular weight is 333 g/mol. The van der Waals surface area contributed by atoms with Gasteiger partial charge in [0.1, 0.15) is 11.7 Å². The molecule has 2 saturated carbocycles.